The first kappa shape index (κ1) is 20.9. The monoisotopic (exact) mass is 416 g/mol. The number of carbonyl (C=O) groups is 1. The quantitative estimate of drug-likeness (QED) is 0.539. The third-order valence-electron chi connectivity index (χ3n) is 4.01. The third-order valence-corrected chi connectivity index (χ3v) is 6.18. The van der Waals surface area contributed by atoms with Gasteiger partial charge in [0.2, 0.25) is 0 Å². The van der Waals surface area contributed by atoms with E-state index in [1.807, 2.05) is 6.92 Å². The summed E-state index contributed by atoms with van der Waals surface area (Å²) in [5.41, 5.74) is 0.683. The van der Waals surface area contributed by atoms with E-state index in [-0.39, 0.29) is 16.5 Å². The Bertz CT molecular complexity index is 868. The molecule has 0 fully saturated rings. The summed E-state index contributed by atoms with van der Waals surface area (Å²) in [6.45, 7) is 8.78. The van der Waals surface area contributed by atoms with Crippen LogP contribution in [0.2, 0.25) is 0 Å². The smallest absolute Gasteiger partial charge is 0.266 e. The zero-order valence-electron chi connectivity index (χ0n) is 15.3. The van der Waals surface area contributed by atoms with Crippen LogP contribution in [-0.2, 0) is 14.8 Å². The predicted octanol–water partition coefficient (Wildman–Crippen LogP) is 3.88. The molecule has 0 saturated carbocycles. The van der Waals surface area contributed by atoms with Gasteiger partial charge in [0.1, 0.15) is 11.9 Å². The molecule has 0 radical (unpaired) electrons. The molecule has 0 saturated heterocycles. The molecule has 0 aromatic heterocycles. The minimum absolute atomic E-state index is 0.0422. The molecule has 0 spiro atoms. The van der Waals surface area contributed by atoms with E-state index in [1.54, 1.807) is 39.8 Å². The number of sulfonamides is 1. The summed E-state index contributed by atoms with van der Waals surface area (Å²) in [4.78, 5) is 16.1. The highest BCUT2D eigenvalue weighted by Crippen LogP contribution is 2.36. The number of amidine groups is 1. The maximum absolute atomic E-state index is 13.3. The standard InChI is InChI=1S/C18H22Cl2N2O3S/c1-11(2)10-14(23)15-18(4,5)21-17(16(19)20)22(15)26(24,25)13-8-6-12(3)7-9-13/h6-10,15-16H,1-5H3. The molecule has 1 heterocycles. The van der Waals surface area contributed by atoms with Gasteiger partial charge in [-0.1, -0.05) is 46.5 Å². The summed E-state index contributed by atoms with van der Waals surface area (Å²) in [6.07, 6.45) is 1.42. The summed E-state index contributed by atoms with van der Waals surface area (Å²) in [5.74, 6) is -0.405. The second-order valence-corrected chi connectivity index (χ2v) is 9.98. The minimum Gasteiger partial charge on any atom is -0.292 e. The zero-order chi connectivity index (χ0) is 19.9. The first-order valence-corrected chi connectivity index (χ1v) is 10.4. The van der Waals surface area contributed by atoms with E-state index in [1.165, 1.54) is 18.2 Å². The zero-order valence-corrected chi connectivity index (χ0v) is 17.7. The van der Waals surface area contributed by atoms with Crippen LogP contribution in [-0.4, -0.2) is 40.8 Å². The lowest BCUT2D eigenvalue weighted by Gasteiger charge is -2.31. The van der Waals surface area contributed by atoms with Crippen LogP contribution < -0.4 is 0 Å². The van der Waals surface area contributed by atoms with Crippen molar-refractivity contribution in [1.82, 2.24) is 4.31 Å². The predicted molar refractivity (Wildman–Crippen MR) is 105 cm³/mol. The largest absolute Gasteiger partial charge is 0.292 e. The topological polar surface area (TPSA) is 66.8 Å². The number of hydrogen-bond acceptors (Lipinski definition) is 4. The SMILES string of the molecule is CC(C)=CC(=O)C1N(S(=O)(=O)c2ccc(C)cc2)C(C(Cl)Cl)=NC1(C)C. The second-order valence-electron chi connectivity index (χ2n) is 7.06. The number of benzene rings is 1. The van der Waals surface area contributed by atoms with Gasteiger partial charge in [-0.2, -0.15) is 0 Å². The number of alkyl halides is 2. The number of allylic oxidation sites excluding steroid dienone is 1. The summed E-state index contributed by atoms with van der Waals surface area (Å²) >= 11 is 12.0. The van der Waals surface area contributed by atoms with Crippen LogP contribution in [0.5, 0.6) is 0 Å². The molecule has 1 aliphatic rings. The Morgan fingerprint density at radius 3 is 2.23 bits per heavy atom. The Morgan fingerprint density at radius 2 is 1.77 bits per heavy atom. The number of aliphatic imine (C=N–C) groups is 1. The molecule has 1 aromatic rings. The van der Waals surface area contributed by atoms with Crippen molar-refractivity contribution in [1.29, 1.82) is 0 Å². The fraction of sp³-hybridized carbons (Fsp3) is 0.444. The fourth-order valence-corrected chi connectivity index (χ4v) is 5.05. The van der Waals surface area contributed by atoms with Gasteiger partial charge in [-0.25, -0.2) is 12.7 Å². The van der Waals surface area contributed by atoms with Gasteiger partial charge >= 0.3 is 0 Å². The van der Waals surface area contributed by atoms with Crippen LogP contribution in [0.3, 0.4) is 0 Å². The molecule has 8 heteroatoms. The molecule has 5 nitrogen and oxygen atoms in total. The Morgan fingerprint density at radius 1 is 1.23 bits per heavy atom. The van der Waals surface area contributed by atoms with Crippen molar-refractivity contribution >= 4 is 44.8 Å². The summed E-state index contributed by atoms with van der Waals surface area (Å²) in [7, 11) is -4.07. The molecule has 1 aromatic carbocycles. The van der Waals surface area contributed by atoms with Crippen molar-refractivity contribution < 1.29 is 13.2 Å². The van der Waals surface area contributed by atoms with Crippen molar-refractivity contribution in [2.24, 2.45) is 4.99 Å². The Balaban J connectivity index is 2.66. The number of hydrogen-bond donors (Lipinski definition) is 0. The molecule has 0 amide bonds. The van der Waals surface area contributed by atoms with E-state index in [0.29, 0.717) is 0 Å². The number of ketones is 1. The molecular formula is C18H22Cl2N2O3S. The van der Waals surface area contributed by atoms with Gasteiger partial charge in [0.05, 0.1) is 10.4 Å². The van der Waals surface area contributed by atoms with Crippen molar-refractivity contribution in [3.8, 4) is 0 Å². The van der Waals surface area contributed by atoms with Gasteiger partial charge in [0.15, 0.2) is 10.6 Å². The van der Waals surface area contributed by atoms with E-state index >= 15 is 0 Å². The molecule has 0 bridgehead atoms. The van der Waals surface area contributed by atoms with Crippen LogP contribution in [0.1, 0.15) is 33.3 Å². The average molecular weight is 417 g/mol. The number of rotatable bonds is 5. The lowest BCUT2D eigenvalue weighted by atomic mass is 9.92. The van der Waals surface area contributed by atoms with Crippen LogP contribution in [0, 0.1) is 6.92 Å². The van der Waals surface area contributed by atoms with E-state index in [9.17, 15) is 13.2 Å². The van der Waals surface area contributed by atoms with Crippen molar-refractivity contribution in [3.05, 3.63) is 41.5 Å². The Hall–Kier alpha value is -1.37. The van der Waals surface area contributed by atoms with Crippen molar-refractivity contribution in [2.45, 2.75) is 55.9 Å². The highest BCUT2D eigenvalue weighted by molar-refractivity contribution is 7.89. The molecule has 2 rings (SSSR count). The number of carbonyl (C=O) groups excluding carboxylic acids is 1. The first-order chi connectivity index (χ1) is 11.9. The van der Waals surface area contributed by atoms with E-state index in [4.69, 9.17) is 23.2 Å². The van der Waals surface area contributed by atoms with E-state index in [0.717, 1.165) is 15.4 Å². The lowest BCUT2D eigenvalue weighted by Crippen LogP contribution is -2.52. The number of nitrogens with zero attached hydrogens (tertiary/aromatic N) is 2. The molecule has 0 aliphatic carbocycles. The molecule has 1 aliphatic heterocycles. The molecule has 1 unspecified atom stereocenters. The highest BCUT2D eigenvalue weighted by Gasteiger charge is 2.52. The Kier molecular flexibility index (Phi) is 5.90. The van der Waals surface area contributed by atoms with Gasteiger partial charge in [-0.05, 0) is 52.8 Å². The van der Waals surface area contributed by atoms with Crippen molar-refractivity contribution in [3.63, 3.8) is 0 Å². The van der Waals surface area contributed by atoms with Gasteiger partial charge in [-0.3, -0.25) is 9.79 Å². The highest BCUT2D eigenvalue weighted by atomic mass is 35.5. The summed E-state index contributed by atoms with van der Waals surface area (Å²) < 4.78 is 27.6. The van der Waals surface area contributed by atoms with Gasteiger partial charge in [-0.15, -0.1) is 0 Å². The summed E-state index contributed by atoms with van der Waals surface area (Å²) in [6, 6.07) is 5.31. The van der Waals surface area contributed by atoms with Crippen LogP contribution in [0.25, 0.3) is 0 Å². The second kappa shape index (κ2) is 7.33. The molecule has 26 heavy (non-hydrogen) atoms. The van der Waals surface area contributed by atoms with E-state index < -0.39 is 26.4 Å². The fourth-order valence-electron chi connectivity index (χ4n) is 2.88. The normalized spacial score (nSPS) is 19.5. The molecular weight excluding hydrogens is 395 g/mol. The van der Waals surface area contributed by atoms with Crippen LogP contribution in [0.4, 0.5) is 0 Å². The van der Waals surface area contributed by atoms with Gasteiger partial charge in [0.25, 0.3) is 10.0 Å². The minimum atomic E-state index is -4.07. The molecule has 1 atom stereocenters. The van der Waals surface area contributed by atoms with Crippen molar-refractivity contribution in [2.75, 3.05) is 0 Å². The van der Waals surface area contributed by atoms with Gasteiger partial charge < -0.3 is 0 Å². The van der Waals surface area contributed by atoms with E-state index in [2.05, 4.69) is 4.99 Å². The van der Waals surface area contributed by atoms with Crippen LogP contribution >= 0.6 is 23.2 Å². The maximum Gasteiger partial charge on any atom is 0.266 e. The third kappa shape index (κ3) is 3.97. The first-order valence-electron chi connectivity index (χ1n) is 8.05. The molecule has 0 N–H and O–H groups in total. The Labute approximate surface area is 164 Å². The average Bonchev–Trinajstić information content (AvgIpc) is 2.79. The van der Waals surface area contributed by atoms with Crippen LogP contribution in [0.15, 0.2) is 45.8 Å². The lowest BCUT2D eigenvalue weighted by molar-refractivity contribution is -0.118. The summed E-state index contributed by atoms with van der Waals surface area (Å²) in [5, 5.41) is 0. The number of halogens is 2. The molecule has 142 valence electrons. The number of aryl methyl sites for hydroxylation is 1. The maximum atomic E-state index is 13.3. The van der Waals surface area contributed by atoms with Gasteiger partial charge in [0, 0.05) is 0 Å².